The first-order valence-corrected chi connectivity index (χ1v) is 18.2. The van der Waals surface area contributed by atoms with Crippen molar-refractivity contribution < 1.29 is 41.7 Å². The van der Waals surface area contributed by atoms with Crippen molar-refractivity contribution in [3.8, 4) is 22.7 Å². The molecule has 0 bridgehead atoms. The Balaban J connectivity index is 1.13. The summed E-state index contributed by atoms with van der Waals surface area (Å²) in [5, 5.41) is 0.593. The SMILES string of the molecule is CCOCCOCCOCCOCCC(=O)N1CCN(c2ccc(-n3c(=O)n(C)c4cnc5ccc(-c6ccc(OC)nc6)cc5c43)cc2C(F)(F)F)CC1. The van der Waals surface area contributed by atoms with Gasteiger partial charge in [0.25, 0.3) is 0 Å². The van der Waals surface area contributed by atoms with Crippen LogP contribution < -0.4 is 15.3 Å². The Hall–Kier alpha value is -5.03. The summed E-state index contributed by atoms with van der Waals surface area (Å²) in [6.07, 6.45) is -1.35. The number of hydrogen-bond acceptors (Lipinski definition) is 10. The number of carbonyl (C=O) groups is 1. The van der Waals surface area contributed by atoms with E-state index in [1.54, 1.807) is 41.4 Å². The van der Waals surface area contributed by atoms with E-state index in [0.29, 0.717) is 74.1 Å². The number of fused-ring (bicyclic) bond motifs is 3. The molecule has 0 aliphatic carbocycles. The summed E-state index contributed by atoms with van der Waals surface area (Å²) in [6.45, 7) is 6.37. The number of ether oxygens (including phenoxy) is 5. The number of amides is 1. The largest absolute Gasteiger partial charge is 0.481 e. The van der Waals surface area contributed by atoms with Gasteiger partial charge in [0.05, 0.1) is 93.8 Å². The predicted molar refractivity (Wildman–Crippen MR) is 201 cm³/mol. The van der Waals surface area contributed by atoms with E-state index >= 15 is 0 Å². The second kappa shape index (κ2) is 18.1. The molecule has 13 nitrogen and oxygen atoms in total. The van der Waals surface area contributed by atoms with Crippen LogP contribution in [-0.2, 0) is 37.0 Å². The molecule has 0 N–H and O–H groups in total. The molecule has 0 spiro atoms. The lowest BCUT2D eigenvalue weighted by Gasteiger charge is -2.37. The number of methoxy groups -OCH3 is 1. The van der Waals surface area contributed by atoms with Crippen molar-refractivity contribution in [2.45, 2.75) is 19.5 Å². The summed E-state index contributed by atoms with van der Waals surface area (Å²) in [5.74, 6) is 0.328. The third-order valence-electron chi connectivity index (χ3n) is 9.46. The zero-order chi connectivity index (χ0) is 39.0. The van der Waals surface area contributed by atoms with Gasteiger partial charge in [-0.3, -0.25) is 18.9 Å². The highest BCUT2D eigenvalue weighted by Crippen LogP contribution is 2.39. The third-order valence-corrected chi connectivity index (χ3v) is 9.46. The van der Waals surface area contributed by atoms with Gasteiger partial charge in [0.2, 0.25) is 11.8 Å². The lowest BCUT2D eigenvalue weighted by molar-refractivity contribution is -0.137. The van der Waals surface area contributed by atoms with Crippen LogP contribution in [0.3, 0.4) is 0 Å². The van der Waals surface area contributed by atoms with E-state index in [4.69, 9.17) is 23.7 Å². The normalized spacial score (nSPS) is 13.6. The molecule has 1 amide bonds. The molecule has 0 unspecified atom stereocenters. The quantitative estimate of drug-likeness (QED) is 0.118. The number of nitrogens with zero attached hydrogens (tertiary/aromatic N) is 6. The zero-order valence-electron chi connectivity index (χ0n) is 31.1. The van der Waals surface area contributed by atoms with E-state index in [1.165, 1.54) is 28.4 Å². The van der Waals surface area contributed by atoms with E-state index in [0.717, 1.165) is 17.2 Å². The summed E-state index contributed by atoms with van der Waals surface area (Å²) in [5.41, 5.74) is 1.72. The van der Waals surface area contributed by atoms with Gasteiger partial charge in [-0.2, -0.15) is 13.2 Å². The Morgan fingerprint density at radius 1 is 0.800 bits per heavy atom. The van der Waals surface area contributed by atoms with Crippen LogP contribution >= 0.6 is 0 Å². The maximum atomic E-state index is 14.8. The lowest BCUT2D eigenvalue weighted by atomic mass is 10.0. The van der Waals surface area contributed by atoms with Gasteiger partial charge < -0.3 is 33.5 Å². The van der Waals surface area contributed by atoms with Crippen LogP contribution in [0.15, 0.2) is 65.7 Å². The summed E-state index contributed by atoms with van der Waals surface area (Å²) < 4.78 is 73.7. The average molecular weight is 767 g/mol. The fourth-order valence-corrected chi connectivity index (χ4v) is 6.57. The smallest absolute Gasteiger partial charge is 0.418 e. The van der Waals surface area contributed by atoms with E-state index in [1.807, 2.05) is 25.1 Å². The van der Waals surface area contributed by atoms with Crippen molar-refractivity contribution in [3.05, 3.63) is 77.0 Å². The number of aromatic nitrogens is 4. The summed E-state index contributed by atoms with van der Waals surface area (Å²) in [6, 6.07) is 13.1. The minimum Gasteiger partial charge on any atom is -0.481 e. The number of hydrogen-bond donors (Lipinski definition) is 0. The van der Waals surface area contributed by atoms with Gasteiger partial charge in [-0.15, -0.1) is 0 Å². The summed E-state index contributed by atoms with van der Waals surface area (Å²) in [7, 11) is 3.09. The molecule has 1 aliphatic heterocycles. The molecular formula is C39H45F3N6O7. The number of alkyl halides is 3. The van der Waals surface area contributed by atoms with Crippen molar-refractivity contribution in [2.24, 2.45) is 7.05 Å². The molecule has 294 valence electrons. The van der Waals surface area contributed by atoms with Crippen LogP contribution in [0.5, 0.6) is 5.88 Å². The van der Waals surface area contributed by atoms with Gasteiger partial charge >= 0.3 is 11.9 Å². The molecule has 0 saturated carbocycles. The molecule has 5 aromatic rings. The Morgan fingerprint density at radius 2 is 1.47 bits per heavy atom. The van der Waals surface area contributed by atoms with Crippen molar-refractivity contribution >= 4 is 33.5 Å². The lowest BCUT2D eigenvalue weighted by Crippen LogP contribution is -2.49. The molecule has 1 fully saturated rings. The highest BCUT2D eigenvalue weighted by Gasteiger charge is 2.36. The van der Waals surface area contributed by atoms with E-state index in [-0.39, 0.29) is 56.5 Å². The average Bonchev–Trinajstić information content (AvgIpc) is 3.46. The maximum Gasteiger partial charge on any atom is 0.418 e. The van der Waals surface area contributed by atoms with Crippen molar-refractivity contribution in [1.29, 1.82) is 0 Å². The van der Waals surface area contributed by atoms with Gasteiger partial charge in [-0.1, -0.05) is 6.07 Å². The first-order valence-electron chi connectivity index (χ1n) is 18.2. The number of pyridine rings is 2. The standard InChI is InChI=1S/C39H45F3N6O7/c1-4-52-17-18-54-21-22-55-20-19-53-16-11-36(49)47-14-12-46(13-15-47)33-9-7-29(24-31(33)39(40,41)42)48-37-30-23-27(28-6-10-35(51-3)44-25-28)5-8-32(30)43-26-34(37)45(2)38(48)50/h5-10,23-26H,4,11-22H2,1-3H3. The molecule has 0 radical (unpaired) electrons. The minimum atomic E-state index is -4.72. The number of carbonyl (C=O) groups excluding carboxylic acids is 1. The molecular weight excluding hydrogens is 721 g/mol. The number of benzene rings is 2. The highest BCUT2D eigenvalue weighted by molar-refractivity contribution is 6.04. The van der Waals surface area contributed by atoms with Crippen LogP contribution in [0.1, 0.15) is 18.9 Å². The van der Waals surface area contributed by atoms with Crippen LogP contribution in [0.2, 0.25) is 0 Å². The monoisotopic (exact) mass is 766 g/mol. The number of aryl methyl sites for hydroxylation is 1. The zero-order valence-corrected chi connectivity index (χ0v) is 31.1. The molecule has 2 aromatic carbocycles. The van der Waals surface area contributed by atoms with E-state index in [2.05, 4.69) is 9.97 Å². The van der Waals surface area contributed by atoms with Crippen molar-refractivity contribution in [2.75, 3.05) is 91.0 Å². The Bertz CT molecular complexity index is 2130. The Labute approximate surface area is 316 Å². The summed E-state index contributed by atoms with van der Waals surface area (Å²) >= 11 is 0. The highest BCUT2D eigenvalue weighted by atomic mass is 19.4. The fraction of sp³-hybridized carbons (Fsp3) is 0.436. The van der Waals surface area contributed by atoms with Gasteiger partial charge in [0, 0.05) is 68.7 Å². The van der Waals surface area contributed by atoms with Crippen LogP contribution in [0, 0.1) is 0 Å². The van der Waals surface area contributed by atoms with Gasteiger partial charge in [0.15, 0.2) is 0 Å². The minimum absolute atomic E-state index is 0.0134. The third kappa shape index (κ3) is 9.27. The predicted octanol–water partition coefficient (Wildman–Crippen LogP) is 5.09. The maximum absolute atomic E-state index is 14.8. The molecule has 4 heterocycles. The second-order valence-electron chi connectivity index (χ2n) is 12.8. The van der Waals surface area contributed by atoms with Crippen molar-refractivity contribution in [3.63, 3.8) is 0 Å². The Kier molecular flexibility index (Phi) is 13.0. The number of halogens is 3. The van der Waals surface area contributed by atoms with Gasteiger partial charge in [-0.05, 0) is 48.9 Å². The van der Waals surface area contributed by atoms with Crippen molar-refractivity contribution in [1.82, 2.24) is 24.0 Å². The summed E-state index contributed by atoms with van der Waals surface area (Å²) in [4.78, 5) is 38.7. The fourth-order valence-electron chi connectivity index (χ4n) is 6.57. The molecule has 6 rings (SSSR count). The topological polar surface area (TPSA) is 122 Å². The number of piperazine rings is 1. The number of rotatable bonds is 17. The molecule has 0 atom stereocenters. The van der Waals surface area contributed by atoms with Crippen LogP contribution in [0.4, 0.5) is 18.9 Å². The number of imidazole rings is 1. The van der Waals surface area contributed by atoms with Gasteiger partial charge in [0.1, 0.15) is 0 Å². The van der Waals surface area contributed by atoms with Crippen LogP contribution in [-0.4, -0.2) is 116 Å². The van der Waals surface area contributed by atoms with Crippen LogP contribution in [0.25, 0.3) is 38.8 Å². The van der Waals surface area contributed by atoms with Gasteiger partial charge in [-0.25, -0.2) is 9.78 Å². The molecule has 1 aliphatic rings. The van der Waals surface area contributed by atoms with E-state index < -0.39 is 17.4 Å². The Morgan fingerprint density at radius 3 is 2.11 bits per heavy atom. The number of anilines is 1. The first-order chi connectivity index (χ1) is 26.6. The molecule has 55 heavy (non-hydrogen) atoms. The first kappa shape index (κ1) is 39.7. The van der Waals surface area contributed by atoms with E-state index in [9.17, 15) is 22.8 Å². The second-order valence-corrected chi connectivity index (χ2v) is 12.8. The molecule has 3 aromatic heterocycles. The molecule has 16 heteroatoms. The molecule has 1 saturated heterocycles.